The number of amides is 2. The molecule has 0 saturated heterocycles. The van der Waals surface area contributed by atoms with Crippen LogP contribution in [0.2, 0.25) is 15.1 Å². The third kappa shape index (κ3) is 3.01. The maximum Gasteiger partial charge on any atom is 0.277 e. The van der Waals surface area contributed by atoms with Crippen molar-refractivity contribution in [3.63, 3.8) is 0 Å². The lowest BCUT2D eigenvalue weighted by atomic mass is 10.2. The number of anilines is 1. The van der Waals surface area contributed by atoms with Gasteiger partial charge in [-0.3, -0.25) is 14.5 Å². The number of halogens is 3. The topological polar surface area (TPSA) is 69.6 Å². The van der Waals surface area contributed by atoms with Gasteiger partial charge in [-0.25, -0.2) is 0 Å². The maximum atomic E-state index is 12.0. The van der Waals surface area contributed by atoms with E-state index in [4.69, 9.17) is 39.9 Å². The summed E-state index contributed by atoms with van der Waals surface area (Å²) < 4.78 is 0. The molecule has 5 nitrogen and oxygen atoms in total. The van der Waals surface area contributed by atoms with E-state index in [1.807, 2.05) is 0 Å². The molecule has 0 radical (unpaired) electrons. The van der Waals surface area contributed by atoms with Crippen molar-refractivity contribution >= 4 is 52.3 Å². The molecule has 0 bridgehead atoms. The average Bonchev–Trinajstić information content (AvgIpc) is 2.69. The summed E-state index contributed by atoms with van der Waals surface area (Å²) in [6.07, 6.45) is 1.13. The number of nitrogens with zero attached hydrogens (tertiary/aromatic N) is 1. The molecule has 112 valence electrons. The van der Waals surface area contributed by atoms with Gasteiger partial charge in [-0.2, -0.15) is 0 Å². The highest BCUT2D eigenvalue weighted by atomic mass is 35.5. The molecule has 1 heterocycles. The zero-order chi connectivity index (χ0) is 15.7. The van der Waals surface area contributed by atoms with Crippen LogP contribution in [-0.2, 0) is 9.59 Å². The van der Waals surface area contributed by atoms with Crippen LogP contribution in [0.1, 0.15) is 5.56 Å². The quantitative estimate of drug-likeness (QED) is 0.820. The van der Waals surface area contributed by atoms with Crippen molar-refractivity contribution in [1.82, 2.24) is 4.90 Å². The molecule has 1 aromatic rings. The first-order valence-electron chi connectivity index (χ1n) is 5.96. The predicted molar refractivity (Wildman–Crippen MR) is 81.7 cm³/mol. The Bertz CT molecular complexity index is 659. The van der Waals surface area contributed by atoms with E-state index in [1.54, 1.807) is 6.92 Å². The first kappa shape index (κ1) is 16.1. The molecule has 2 rings (SSSR count). The minimum Gasteiger partial charge on any atom is -0.395 e. The monoisotopic (exact) mass is 348 g/mol. The number of β-amino-alcohol motifs (C(OH)–C–C–N with tert-alkyl or cyclic N) is 1. The molecule has 0 aliphatic carbocycles. The van der Waals surface area contributed by atoms with Gasteiger partial charge in [-0.05, 0) is 18.6 Å². The number of hydrogen-bond donors (Lipinski definition) is 2. The highest BCUT2D eigenvalue weighted by molar-refractivity contribution is 6.43. The van der Waals surface area contributed by atoms with Crippen molar-refractivity contribution in [3.05, 3.63) is 38.5 Å². The second-order valence-corrected chi connectivity index (χ2v) is 5.55. The van der Waals surface area contributed by atoms with Gasteiger partial charge in [0, 0.05) is 11.1 Å². The molecule has 0 spiro atoms. The number of aliphatic hydroxyl groups is 1. The number of nitrogens with one attached hydrogen (secondary N) is 1. The van der Waals surface area contributed by atoms with Crippen LogP contribution in [0, 0.1) is 6.92 Å². The summed E-state index contributed by atoms with van der Waals surface area (Å²) in [5.74, 6) is -1.05. The second-order valence-electron chi connectivity index (χ2n) is 4.36. The number of carbonyl (C=O) groups excluding carboxylic acids is 2. The van der Waals surface area contributed by atoms with Gasteiger partial charge in [0.2, 0.25) is 0 Å². The third-order valence-corrected chi connectivity index (χ3v) is 4.16. The van der Waals surface area contributed by atoms with E-state index in [2.05, 4.69) is 5.32 Å². The first-order chi connectivity index (χ1) is 9.86. The van der Waals surface area contributed by atoms with Crippen LogP contribution >= 0.6 is 34.8 Å². The summed E-state index contributed by atoms with van der Waals surface area (Å²) >= 11 is 18.2. The molecular weight excluding hydrogens is 339 g/mol. The largest absolute Gasteiger partial charge is 0.395 e. The summed E-state index contributed by atoms with van der Waals surface area (Å²) in [5, 5.41) is 12.5. The number of hydrogen-bond acceptors (Lipinski definition) is 4. The molecule has 8 heteroatoms. The van der Waals surface area contributed by atoms with Crippen LogP contribution in [0.4, 0.5) is 5.69 Å². The lowest BCUT2D eigenvalue weighted by Crippen LogP contribution is -2.34. The second kappa shape index (κ2) is 6.23. The van der Waals surface area contributed by atoms with E-state index in [1.165, 1.54) is 6.07 Å². The van der Waals surface area contributed by atoms with Crippen LogP contribution in [0.15, 0.2) is 17.8 Å². The van der Waals surface area contributed by atoms with Gasteiger partial charge in [0.15, 0.2) is 0 Å². The van der Waals surface area contributed by atoms with Crippen LogP contribution < -0.4 is 5.32 Å². The van der Waals surface area contributed by atoms with Crippen LogP contribution in [0.25, 0.3) is 0 Å². The predicted octanol–water partition coefficient (Wildman–Crippen LogP) is 2.61. The summed E-state index contributed by atoms with van der Waals surface area (Å²) in [6.45, 7) is 1.33. The molecule has 0 atom stereocenters. The van der Waals surface area contributed by atoms with Crippen LogP contribution in [-0.4, -0.2) is 35.0 Å². The van der Waals surface area contributed by atoms with Gasteiger partial charge >= 0.3 is 0 Å². The van der Waals surface area contributed by atoms with E-state index in [-0.39, 0.29) is 28.9 Å². The lowest BCUT2D eigenvalue weighted by molar-refractivity contribution is -0.137. The Morgan fingerprint density at radius 3 is 2.52 bits per heavy atom. The summed E-state index contributed by atoms with van der Waals surface area (Å²) in [7, 11) is 0. The van der Waals surface area contributed by atoms with Gasteiger partial charge in [0.25, 0.3) is 11.8 Å². The molecular formula is C13H11Cl3N2O3. The Morgan fingerprint density at radius 1 is 1.24 bits per heavy atom. The standard InChI is InChI=1S/C13H11Cl3N2O3/c1-6-7(14)4-8(15)12(11(6)16)17-9-5-10(20)18(2-3-19)13(9)21/h4-5,17,19H,2-3H2,1H3. The Labute approximate surface area is 136 Å². The van der Waals surface area contributed by atoms with Gasteiger partial charge in [-0.1, -0.05) is 34.8 Å². The van der Waals surface area contributed by atoms with Crippen LogP contribution in [0.3, 0.4) is 0 Å². The normalized spacial score (nSPS) is 14.7. The molecule has 21 heavy (non-hydrogen) atoms. The molecule has 0 unspecified atom stereocenters. The van der Waals surface area contributed by atoms with Crippen LogP contribution in [0.5, 0.6) is 0 Å². The van der Waals surface area contributed by atoms with E-state index in [0.29, 0.717) is 16.3 Å². The number of rotatable bonds is 4. The lowest BCUT2D eigenvalue weighted by Gasteiger charge is -2.15. The molecule has 0 aromatic heterocycles. The van der Waals surface area contributed by atoms with E-state index >= 15 is 0 Å². The molecule has 1 aliphatic rings. The van der Waals surface area contributed by atoms with Gasteiger partial charge in [-0.15, -0.1) is 0 Å². The first-order valence-corrected chi connectivity index (χ1v) is 7.09. The highest BCUT2D eigenvalue weighted by Gasteiger charge is 2.31. The molecule has 2 N–H and O–H groups in total. The molecule has 2 amide bonds. The van der Waals surface area contributed by atoms with Crippen molar-refractivity contribution < 1.29 is 14.7 Å². The molecule has 0 fully saturated rings. The van der Waals surface area contributed by atoms with Crippen molar-refractivity contribution in [1.29, 1.82) is 0 Å². The maximum absolute atomic E-state index is 12.0. The average molecular weight is 350 g/mol. The van der Waals surface area contributed by atoms with Crippen molar-refractivity contribution in [3.8, 4) is 0 Å². The smallest absolute Gasteiger partial charge is 0.277 e. The Balaban J connectivity index is 2.32. The Hall–Kier alpha value is -1.27. The van der Waals surface area contributed by atoms with E-state index < -0.39 is 11.8 Å². The zero-order valence-corrected chi connectivity index (χ0v) is 13.2. The number of aliphatic hydroxyl groups excluding tert-OH is 1. The Kier molecular flexibility index (Phi) is 4.78. The fourth-order valence-corrected chi connectivity index (χ4v) is 2.71. The third-order valence-electron chi connectivity index (χ3n) is 2.99. The minimum atomic E-state index is -0.547. The highest BCUT2D eigenvalue weighted by Crippen LogP contribution is 2.38. The summed E-state index contributed by atoms with van der Waals surface area (Å²) in [6, 6.07) is 1.50. The fraction of sp³-hybridized carbons (Fsp3) is 0.231. The van der Waals surface area contributed by atoms with Gasteiger partial charge in [0.05, 0.1) is 28.9 Å². The molecule has 1 aromatic carbocycles. The van der Waals surface area contributed by atoms with E-state index in [9.17, 15) is 9.59 Å². The minimum absolute atomic E-state index is 0.0407. The zero-order valence-electron chi connectivity index (χ0n) is 10.9. The number of carbonyl (C=O) groups is 2. The van der Waals surface area contributed by atoms with E-state index in [0.717, 1.165) is 11.0 Å². The molecule has 0 saturated carbocycles. The van der Waals surface area contributed by atoms with Crippen molar-refractivity contribution in [2.75, 3.05) is 18.5 Å². The molecule has 1 aliphatic heterocycles. The number of benzene rings is 1. The van der Waals surface area contributed by atoms with Crippen molar-refractivity contribution in [2.24, 2.45) is 0 Å². The van der Waals surface area contributed by atoms with Gasteiger partial charge in [0.1, 0.15) is 5.70 Å². The van der Waals surface area contributed by atoms with Crippen molar-refractivity contribution in [2.45, 2.75) is 6.92 Å². The SMILES string of the molecule is Cc1c(Cl)cc(Cl)c(NC2=CC(=O)N(CCO)C2=O)c1Cl. The summed E-state index contributed by atoms with van der Waals surface area (Å²) in [5.41, 5.74) is 0.951. The fourth-order valence-electron chi connectivity index (χ4n) is 1.85. The van der Waals surface area contributed by atoms with Gasteiger partial charge < -0.3 is 10.4 Å². The number of imide groups is 1. The summed E-state index contributed by atoms with van der Waals surface area (Å²) in [4.78, 5) is 24.6. The Morgan fingerprint density at radius 2 is 1.90 bits per heavy atom.